The van der Waals surface area contributed by atoms with Crippen molar-refractivity contribution in [2.75, 3.05) is 18.4 Å². The molecule has 2 rings (SSSR count). The van der Waals surface area contributed by atoms with Crippen LogP contribution in [-0.2, 0) is 9.59 Å². The van der Waals surface area contributed by atoms with Gasteiger partial charge in [0.05, 0.1) is 6.10 Å². The van der Waals surface area contributed by atoms with Crippen molar-refractivity contribution in [3.63, 3.8) is 0 Å². The quantitative estimate of drug-likeness (QED) is 0.823. The predicted octanol–water partition coefficient (Wildman–Crippen LogP) is 3.10. The molecule has 1 heterocycles. The molecule has 0 spiro atoms. The van der Waals surface area contributed by atoms with E-state index in [0.717, 1.165) is 23.2 Å². The van der Waals surface area contributed by atoms with Gasteiger partial charge in [-0.1, -0.05) is 45.9 Å². The molecule has 138 valence electrons. The van der Waals surface area contributed by atoms with Crippen LogP contribution in [0.2, 0.25) is 0 Å². The summed E-state index contributed by atoms with van der Waals surface area (Å²) >= 11 is 0. The summed E-state index contributed by atoms with van der Waals surface area (Å²) in [6, 6.07) is 5.99. The first-order chi connectivity index (χ1) is 11.7. The van der Waals surface area contributed by atoms with Crippen molar-refractivity contribution in [3.8, 4) is 0 Å². The van der Waals surface area contributed by atoms with E-state index in [9.17, 15) is 14.7 Å². The fraction of sp³-hybridized carbons (Fsp3) is 0.600. The van der Waals surface area contributed by atoms with Crippen LogP contribution in [-0.4, -0.2) is 41.0 Å². The lowest BCUT2D eigenvalue weighted by molar-refractivity contribution is -0.142. The number of rotatable bonds is 4. The average molecular weight is 346 g/mol. The summed E-state index contributed by atoms with van der Waals surface area (Å²) < 4.78 is 0. The van der Waals surface area contributed by atoms with E-state index in [2.05, 4.69) is 33.0 Å². The highest BCUT2D eigenvalue weighted by atomic mass is 16.3. The Bertz CT molecular complexity index is 612. The minimum absolute atomic E-state index is 0.0472. The molecule has 2 atom stereocenters. The SMILES string of the molecule is CC(C)c1cccc(C(C)C)c1NC(=O)C(=O)N1CCC(C(C)O)C1. The normalized spacial score (nSPS) is 18.7. The minimum Gasteiger partial charge on any atom is -0.393 e. The lowest BCUT2D eigenvalue weighted by atomic mass is 9.92. The van der Waals surface area contributed by atoms with Crippen molar-refractivity contribution in [1.82, 2.24) is 4.90 Å². The number of nitrogens with zero attached hydrogens (tertiary/aromatic N) is 1. The van der Waals surface area contributed by atoms with Gasteiger partial charge in [-0.3, -0.25) is 9.59 Å². The summed E-state index contributed by atoms with van der Waals surface area (Å²) in [5, 5.41) is 12.6. The molecular weight excluding hydrogens is 316 g/mol. The molecule has 5 heteroatoms. The Morgan fingerprint density at radius 3 is 2.12 bits per heavy atom. The minimum atomic E-state index is -0.596. The lowest BCUT2D eigenvalue weighted by Gasteiger charge is -2.22. The zero-order valence-corrected chi connectivity index (χ0v) is 15.9. The molecule has 0 saturated carbocycles. The second kappa shape index (κ2) is 8.00. The van der Waals surface area contributed by atoms with E-state index in [-0.39, 0.29) is 17.8 Å². The van der Waals surface area contributed by atoms with Crippen molar-refractivity contribution >= 4 is 17.5 Å². The Labute approximate surface area is 150 Å². The number of anilines is 1. The van der Waals surface area contributed by atoms with E-state index in [0.29, 0.717) is 13.1 Å². The molecule has 2 N–H and O–H groups in total. The molecule has 1 aliphatic heterocycles. The maximum atomic E-state index is 12.6. The summed E-state index contributed by atoms with van der Waals surface area (Å²) in [4.78, 5) is 26.6. The van der Waals surface area contributed by atoms with Crippen molar-refractivity contribution in [2.24, 2.45) is 5.92 Å². The number of nitrogens with one attached hydrogen (secondary N) is 1. The highest BCUT2D eigenvalue weighted by Gasteiger charge is 2.32. The molecule has 1 saturated heterocycles. The molecule has 25 heavy (non-hydrogen) atoms. The van der Waals surface area contributed by atoms with E-state index in [1.54, 1.807) is 11.8 Å². The van der Waals surface area contributed by atoms with Gasteiger partial charge in [0.25, 0.3) is 0 Å². The Kier molecular flexibility index (Phi) is 6.22. The van der Waals surface area contributed by atoms with Gasteiger partial charge < -0.3 is 15.3 Å². The number of likely N-dealkylation sites (tertiary alicyclic amines) is 1. The number of aliphatic hydroxyl groups is 1. The van der Waals surface area contributed by atoms with Crippen LogP contribution in [0.25, 0.3) is 0 Å². The number of carbonyl (C=O) groups excluding carboxylic acids is 2. The third-order valence-electron chi connectivity index (χ3n) is 5.00. The van der Waals surface area contributed by atoms with Gasteiger partial charge in [-0.2, -0.15) is 0 Å². The first-order valence-corrected chi connectivity index (χ1v) is 9.13. The first kappa shape index (κ1) is 19.4. The van der Waals surface area contributed by atoms with Crippen molar-refractivity contribution in [3.05, 3.63) is 29.3 Å². The van der Waals surface area contributed by atoms with Gasteiger partial charge in [-0.05, 0) is 36.3 Å². The Morgan fingerprint density at radius 1 is 1.12 bits per heavy atom. The summed E-state index contributed by atoms with van der Waals surface area (Å²) in [6.07, 6.45) is 0.270. The molecule has 0 bridgehead atoms. The summed E-state index contributed by atoms with van der Waals surface area (Å²) in [7, 11) is 0. The number of aliphatic hydroxyl groups excluding tert-OH is 1. The zero-order chi connectivity index (χ0) is 18.7. The average Bonchev–Trinajstić information content (AvgIpc) is 3.03. The molecule has 1 aliphatic rings. The molecule has 5 nitrogen and oxygen atoms in total. The third kappa shape index (κ3) is 4.40. The smallest absolute Gasteiger partial charge is 0.313 e. The molecule has 1 aromatic carbocycles. The van der Waals surface area contributed by atoms with Gasteiger partial charge >= 0.3 is 11.8 Å². The lowest BCUT2D eigenvalue weighted by Crippen LogP contribution is -2.39. The largest absolute Gasteiger partial charge is 0.393 e. The molecule has 0 radical (unpaired) electrons. The van der Waals surface area contributed by atoms with E-state index in [1.165, 1.54) is 0 Å². The number of para-hydroxylation sites is 1. The highest BCUT2D eigenvalue weighted by molar-refractivity contribution is 6.39. The van der Waals surface area contributed by atoms with Gasteiger partial charge in [0, 0.05) is 24.7 Å². The van der Waals surface area contributed by atoms with Crippen LogP contribution in [0, 0.1) is 5.92 Å². The fourth-order valence-corrected chi connectivity index (χ4v) is 3.37. The van der Waals surface area contributed by atoms with Crippen LogP contribution >= 0.6 is 0 Å². The molecule has 1 fully saturated rings. The Morgan fingerprint density at radius 2 is 1.68 bits per heavy atom. The molecule has 0 aromatic heterocycles. The van der Waals surface area contributed by atoms with Crippen LogP contribution in [0.15, 0.2) is 18.2 Å². The third-order valence-corrected chi connectivity index (χ3v) is 5.00. The second-order valence-electron chi connectivity index (χ2n) is 7.62. The monoisotopic (exact) mass is 346 g/mol. The Balaban J connectivity index is 2.19. The van der Waals surface area contributed by atoms with E-state index < -0.39 is 17.9 Å². The van der Waals surface area contributed by atoms with Gasteiger partial charge in [-0.25, -0.2) is 0 Å². The standard InChI is InChI=1S/C20H30N2O3/c1-12(2)16-7-6-8-17(13(3)4)18(16)21-19(24)20(25)22-10-9-15(11-22)14(5)23/h6-8,12-15,23H,9-11H2,1-5H3,(H,21,24). The maximum Gasteiger partial charge on any atom is 0.313 e. The summed E-state index contributed by atoms with van der Waals surface area (Å²) in [5.41, 5.74) is 2.84. The van der Waals surface area contributed by atoms with E-state index in [4.69, 9.17) is 0 Å². The highest BCUT2D eigenvalue weighted by Crippen LogP contribution is 2.32. The van der Waals surface area contributed by atoms with Crippen molar-refractivity contribution in [1.29, 1.82) is 0 Å². The molecule has 1 aromatic rings. The van der Waals surface area contributed by atoms with Crippen LogP contribution in [0.4, 0.5) is 5.69 Å². The van der Waals surface area contributed by atoms with Crippen LogP contribution in [0.1, 0.15) is 64.0 Å². The Hall–Kier alpha value is -1.88. The molecular formula is C20H30N2O3. The topological polar surface area (TPSA) is 69.6 Å². The zero-order valence-electron chi connectivity index (χ0n) is 15.9. The van der Waals surface area contributed by atoms with Gasteiger partial charge in [0.15, 0.2) is 0 Å². The molecule has 2 amide bonds. The van der Waals surface area contributed by atoms with Gasteiger partial charge in [-0.15, -0.1) is 0 Å². The number of amides is 2. The fourth-order valence-electron chi connectivity index (χ4n) is 3.37. The molecule has 2 unspecified atom stereocenters. The van der Waals surface area contributed by atoms with E-state index >= 15 is 0 Å². The van der Waals surface area contributed by atoms with Crippen LogP contribution in [0.3, 0.4) is 0 Å². The van der Waals surface area contributed by atoms with Crippen molar-refractivity contribution < 1.29 is 14.7 Å². The van der Waals surface area contributed by atoms with Gasteiger partial charge in [0.2, 0.25) is 0 Å². The van der Waals surface area contributed by atoms with Gasteiger partial charge in [0.1, 0.15) is 0 Å². The number of benzene rings is 1. The van der Waals surface area contributed by atoms with Crippen molar-refractivity contribution in [2.45, 2.75) is 59.0 Å². The number of hydrogen-bond donors (Lipinski definition) is 2. The number of hydrogen-bond acceptors (Lipinski definition) is 3. The maximum absolute atomic E-state index is 12.6. The first-order valence-electron chi connectivity index (χ1n) is 9.13. The predicted molar refractivity (Wildman–Crippen MR) is 99.6 cm³/mol. The van der Waals surface area contributed by atoms with Crippen LogP contribution in [0.5, 0.6) is 0 Å². The van der Waals surface area contributed by atoms with E-state index in [1.807, 2.05) is 18.2 Å². The number of carbonyl (C=O) groups is 2. The second-order valence-corrected chi connectivity index (χ2v) is 7.62. The summed E-state index contributed by atoms with van der Waals surface area (Å²) in [5.74, 6) is -0.574. The molecule has 0 aliphatic carbocycles. The van der Waals surface area contributed by atoms with Crippen LogP contribution < -0.4 is 5.32 Å². The summed E-state index contributed by atoms with van der Waals surface area (Å²) in [6.45, 7) is 11.0.